The van der Waals surface area contributed by atoms with Crippen LogP contribution in [-0.4, -0.2) is 37.1 Å². The van der Waals surface area contributed by atoms with Crippen LogP contribution in [0, 0.1) is 0 Å². The van der Waals surface area contributed by atoms with E-state index in [4.69, 9.17) is 14.6 Å². The van der Waals surface area contributed by atoms with Crippen molar-refractivity contribution in [3.05, 3.63) is 0 Å². The molecule has 3 heteroatoms. The van der Waals surface area contributed by atoms with E-state index < -0.39 is 0 Å². The Bertz CT molecular complexity index is 147. The average molecular weight is 202 g/mol. The minimum Gasteiger partial charge on any atom is -0.393 e. The zero-order valence-electron chi connectivity index (χ0n) is 9.24. The number of ether oxygens (including phenoxy) is 2. The van der Waals surface area contributed by atoms with E-state index in [0.717, 1.165) is 25.7 Å². The van der Waals surface area contributed by atoms with E-state index in [-0.39, 0.29) is 6.10 Å². The van der Waals surface area contributed by atoms with Gasteiger partial charge < -0.3 is 14.6 Å². The van der Waals surface area contributed by atoms with Gasteiger partial charge >= 0.3 is 0 Å². The summed E-state index contributed by atoms with van der Waals surface area (Å²) in [4.78, 5) is 0. The molecule has 0 spiro atoms. The molecule has 1 saturated carbocycles. The maximum atomic E-state index is 9.08. The van der Waals surface area contributed by atoms with Crippen LogP contribution < -0.4 is 0 Å². The molecule has 0 saturated heterocycles. The predicted octanol–water partition coefficient (Wildman–Crippen LogP) is 1.73. The molecule has 1 fully saturated rings. The number of methoxy groups -OCH3 is 1. The van der Waals surface area contributed by atoms with E-state index in [1.165, 1.54) is 6.42 Å². The normalized spacial score (nSPS) is 30.2. The molecule has 0 heterocycles. The Morgan fingerprint density at radius 1 is 1.36 bits per heavy atom. The Morgan fingerprint density at radius 3 is 2.71 bits per heavy atom. The molecule has 3 unspecified atom stereocenters. The minimum absolute atomic E-state index is 0.253. The Kier molecular flexibility index (Phi) is 5.45. The zero-order chi connectivity index (χ0) is 10.4. The van der Waals surface area contributed by atoms with Gasteiger partial charge in [-0.3, -0.25) is 0 Å². The van der Waals surface area contributed by atoms with Gasteiger partial charge in [-0.05, 0) is 39.0 Å². The van der Waals surface area contributed by atoms with Crippen molar-refractivity contribution < 1.29 is 14.6 Å². The van der Waals surface area contributed by atoms with Crippen LogP contribution in [0.1, 0.15) is 39.0 Å². The summed E-state index contributed by atoms with van der Waals surface area (Å²) in [6.07, 6.45) is 5.69. The molecule has 0 aromatic carbocycles. The second kappa shape index (κ2) is 6.38. The van der Waals surface area contributed by atoms with Crippen LogP contribution in [0.2, 0.25) is 0 Å². The largest absolute Gasteiger partial charge is 0.393 e. The smallest absolute Gasteiger partial charge is 0.0599 e. The molecular weight excluding hydrogens is 180 g/mol. The molecule has 3 nitrogen and oxygen atoms in total. The molecule has 1 aliphatic carbocycles. The summed E-state index contributed by atoms with van der Waals surface area (Å²) >= 11 is 0. The second-order valence-corrected chi connectivity index (χ2v) is 4.15. The third-order valence-electron chi connectivity index (χ3n) is 2.80. The van der Waals surface area contributed by atoms with Gasteiger partial charge in [0, 0.05) is 13.7 Å². The molecular formula is C11H22O3. The second-order valence-electron chi connectivity index (χ2n) is 4.15. The summed E-state index contributed by atoms with van der Waals surface area (Å²) in [5.74, 6) is 0. The Balaban J connectivity index is 2.11. The zero-order valence-corrected chi connectivity index (χ0v) is 9.24. The first kappa shape index (κ1) is 12.0. The fourth-order valence-electron chi connectivity index (χ4n) is 1.87. The lowest BCUT2D eigenvalue weighted by Crippen LogP contribution is -2.28. The Labute approximate surface area is 86.4 Å². The molecule has 0 amide bonds. The van der Waals surface area contributed by atoms with Crippen molar-refractivity contribution in [3.8, 4) is 0 Å². The number of aliphatic hydroxyl groups is 1. The third kappa shape index (κ3) is 4.40. The van der Waals surface area contributed by atoms with Crippen molar-refractivity contribution in [2.45, 2.75) is 57.3 Å². The van der Waals surface area contributed by atoms with Gasteiger partial charge in [0.05, 0.1) is 18.3 Å². The van der Waals surface area contributed by atoms with Crippen molar-refractivity contribution in [2.75, 3.05) is 13.7 Å². The summed E-state index contributed by atoms with van der Waals surface area (Å²) in [5.41, 5.74) is 0. The fraction of sp³-hybridized carbons (Fsp3) is 1.00. The number of aliphatic hydroxyl groups excluding tert-OH is 1. The highest BCUT2D eigenvalue weighted by Crippen LogP contribution is 2.23. The van der Waals surface area contributed by atoms with Gasteiger partial charge in [-0.25, -0.2) is 0 Å². The van der Waals surface area contributed by atoms with Crippen LogP contribution in [-0.2, 0) is 9.47 Å². The molecule has 0 aromatic heterocycles. The first-order valence-electron chi connectivity index (χ1n) is 5.55. The molecule has 0 aromatic rings. The van der Waals surface area contributed by atoms with Crippen molar-refractivity contribution in [1.82, 2.24) is 0 Å². The van der Waals surface area contributed by atoms with E-state index in [0.29, 0.717) is 18.8 Å². The average Bonchev–Trinajstić information content (AvgIpc) is 2.18. The predicted molar refractivity (Wildman–Crippen MR) is 55.3 cm³/mol. The van der Waals surface area contributed by atoms with E-state index in [1.807, 2.05) is 0 Å². The third-order valence-corrected chi connectivity index (χ3v) is 2.80. The van der Waals surface area contributed by atoms with Crippen LogP contribution >= 0.6 is 0 Å². The van der Waals surface area contributed by atoms with Gasteiger partial charge in [0.25, 0.3) is 0 Å². The fourth-order valence-corrected chi connectivity index (χ4v) is 1.87. The highest BCUT2D eigenvalue weighted by molar-refractivity contribution is 4.73. The van der Waals surface area contributed by atoms with Gasteiger partial charge in [0.2, 0.25) is 0 Å². The molecule has 1 rings (SSSR count). The maximum absolute atomic E-state index is 9.08. The van der Waals surface area contributed by atoms with Crippen LogP contribution in [0.25, 0.3) is 0 Å². The first-order valence-corrected chi connectivity index (χ1v) is 5.55. The SMILES string of the molecule is COC1CCCC(OCCC(C)O)C1. The molecule has 0 aliphatic heterocycles. The van der Waals surface area contributed by atoms with Gasteiger partial charge in [0.15, 0.2) is 0 Å². The van der Waals surface area contributed by atoms with Crippen LogP contribution in [0.3, 0.4) is 0 Å². The van der Waals surface area contributed by atoms with Gasteiger partial charge in [-0.1, -0.05) is 0 Å². The van der Waals surface area contributed by atoms with Crippen LogP contribution in [0.15, 0.2) is 0 Å². The molecule has 3 atom stereocenters. The van der Waals surface area contributed by atoms with Crippen molar-refractivity contribution in [2.24, 2.45) is 0 Å². The van der Waals surface area contributed by atoms with E-state index in [9.17, 15) is 0 Å². The maximum Gasteiger partial charge on any atom is 0.0599 e. The van der Waals surface area contributed by atoms with Crippen molar-refractivity contribution >= 4 is 0 Å². The Hall–Kier alpha value is -0.120. The number of rotatable bonds is 5. The Morgan fingerprint density at radius 2 is 2.07 bits per heavy atom. The summed E-state index contributed by atoms with van der Waals surface area (Å²) in [6, 6.07) is 0. The number of hydrogen-bond donors (Lipinski definition) is 1. The topological polar surface area (TPSA) is 38.7 Å². The highest BCUT2D eigenvalue weighted by Gasteiger charge is 2.21. The molecule has 1 N–H and O–H groups in total. The lowest BCUT2D eigenvalue weighted by atomic mass is 9.95. The molecule has 0 radical (unpaired) electrons. The molecule has 14 heavy (non-hydrogen) atoms. The van der Waals surface area contributed by atoms with E-state index >= 15 is 0 Å². The summed E-state index contributed by atoms with van der Waals surface area (Å²) < 4.78 is 11.0. The van der Waals surface area contributed by atoms with Gasteiger partial charge in [-0.2, -0.15) is 0 Å². The first-order chi connectivity index (χ1) is 6.72. The number of hydrogen-bond acceptors (Lipinski definition) is 3. The van der Waals surface area contributed by atoms with Crippen LogP contribution in [0.5, 0.6) is 0 Å². The van der Waals surface area contributed by atoms with E-state index in [2.05, 4.69) is 0 Å². The summed E-state index contributed by atoms with van der Waals surface area (Å²) in [7, 11) is 1.77. The van der Waals surface area contributed by atoms with Gasteiger partial charge in [-0.15, -0.1) is 0 Å². The minimum atomic E-state index is -0.253. The summed E-state index contributed by atoms with van der Waals surface area (Å²) in [5, 5.41) is 9.08. The molecule has 1 aliphatic rings. The van der Waals surface area contributed by atoms with Gasteiger partial charge in [0.1, 0.15) is 0 Å². The quantitative estimate of drug-likeness (QED) is 0.738. The van der Waals surface area contributed by atoms with Crippen molar-refractivity contribution in [1.29, 1.82) is 0 Å². The lowest BCUT2D eigenvalue weighted by molar-refractivity contribution is -0.0360. The lowest BCUT2D eigenvalue weighted by Gasteiger charge is -2.28. The summed E-state index contributed by atoms with van der Waals surface area (Å²) in [6.45, 7) is 2.46. The standard InChI is InChI=1S/C11H22O3/c1-9(12)6-7-14-11-5-3-4-10(8-11)13-2/h9-12H,3-8H2,1-2H3. The highest BCUT2D eigenvalue weighted by atomic mass is 16.5. The van der Waals surface area contributed by atoms with E-state index in [1.54, 1.807) is 14.0 Å². The molecule has 84 valence electrons. The van der Waals surface area contributed by atoms with Crippen molar-refractivity contribution in [3.63, 3.8) is 0 Å². The monoisotopic (exact) mass is 202 g/mol. The molecule has 0 bridgehead atoms. The van der Waals surface area contributed by atoms with Crippen LogP contribution in [0.4, 0.5) is 0 Å².